The fourth-order valence-corrected chi connectivity index (χ4v) is 7.21. The zero-order valence-electron chi connectivity index (χ0n) is 22.6. The number of piperidine rings is 1. The van der Waals surface area contributed by atoms with Crippen molar-refractivity contribution in [2.24, 2.45) is 5.92 Å². The van der Waals surface area contributed by atoms with Crippen molar-refractivity contribution in [1.82, 2.24) is 5.16 Å². The van der Waals surface area contributed by atoms with Gasteiger partial charge in [0.1, 0.15) is 34.6 Å². The number of anilines is 1. The first-order valence-electron chi connectivity index (χ1n) is 13.9. The van der Waals surface area contributed by atoms with Gasteiger partial charge < -0.3 is 14.2 Å². The van der Waals surface area contributed by atoms with Gasteiger partial charge in [-0.3, -0.25) is 4.79 Å². The lowest BCUT2D eigenvalue weighted by atomic mass is 10.0. The Morgan fingerprint density at radius 3 is 2.63 bits per heavy atom. The highest BCUT2D eigenvalue weighted by Crippen LogP contribution is 2.47. The second kappa shape index (κ2) is 11.1. The number of fused-ring (bicyclic) bond motifs is 2. The Morgan fingerprint density at radius 2 is 1.98 bits per heavy atom. The van der Waals surface area contributed by atoms with Crippen molar-refractivity contribution in [2.75, 3.05) is 23.5 Å². The smallest absolute Gasteiger partial charge is 0.154 e. The normalized spacial score (nSPS) is 22.0. The van der Waals surface area contributed by atoms with Crippen LogP contribution in [-0.4, -0.2) is 50.1 Å². The van der Waals surface area contributed by atoms with Gasteiger partial charge in [0, 0.05) is 42.7 Å². The van der Waals surface area contributed by atoms with Gasteiger partial charge in [-0.2, -0.15) is 0 Å². The minimum Gasteiger partial charge on any atom is -0.373 e. The third kappa shape index (κ3) is 6.05. The largest absolute Gasteiger partial charge is 0.373 e. The lowest BCUT2D eigenvalue weighted by Gasteiger charge is -2.33. The molecule has 3 atom stereocenters. The van der Waals surface area contributed by atoms with Crippen LogP contribution in [-0.2, 0) is 32.4 Å². The highest BCUT2D eigenvalue weighted by Gasteiger charge is 2.46. The van der Waals surface area contributed by atoms with E-state index >= 15 is 4.39 Å². The van der Waals surface area contributed by atoms with E-state index in [-0.39, 0.29) is 59.2 Å². The SMILES string of the molecule is CS(=O)(=O)CC(=O)CCc1ccc(N2C[C@@H]3C[C@H]2C[C@H]3OCc2c(-c3c(F)cccc3Cl)noc2C2CC2)c(F)c1. The summed E-state index contributed by atoms with van der Waals surface area (Å²) in [6.45, 7) is 0.897. The van der Waals surface area contributed by atoms with E-state index in [9.17, 15) is 17.6 Å². The number of Topliss-reactive ketones (excluding diaryl/α,β-unsaturated/α-hetero) is 1. The van der Waals surface area contributed by atoms with E-state index in [1.54, 1.807) is 24.3 Å². The number of sulfone groups is 1. The summed E-state index contributed by atoms with van der Waals surface area (Å²) in [5.74, 6) is -0.461. The number of benzene rings is 2. The van der Waals surface area contributed by atoms with Crippen LogP contribution in [0.4, 0.5) is 14.5 Å². The molecule has 2 saturated carbocycles. The summed E-state index contributed by atoms with van der Waals surface area (Å²) in [5.41, 5.74) is 2.54. The van der Waals surface area contributed by atoms with Gasteiger partial charge in [0.2, 0.25) is 0 Å². The van der Waals surface area contributed by atoms with Crippen molar-refractivity contribution >= 4 is 32.9 Å². The molecule has 11 heteroatoms. The van der Waals surface area contributed by atoms with Crippen LogP contribution in [0.3, 0.4) is 0 Å². The second-order valence-corrected chi connectivity index (χ2v) is 14.1. The van der Waals surface area contributed by atoms with Gasteiger partial charge in [-0.1, -0.05) is 28.9 Å². The molecular formula is C30H31ClF2N2O5S. The molecule has 1 aromatic heterocycles. The Hall–Kier alpha value is -2.82. The van der Waals surface area contributed by atoms with Crippen molar-refractivity contribution in [2.45, 2.75) is 63.2 Å². The lowest BCUT2D eigenvalue weighted by molar-refractivity contribution is -0.116. The van der Waals surface area contributed by atoms with Gasteiger partial charge in [0.25, 0.3) is 0 Å². The number of aryl methyl sites for hydroxylation is 1. The third-order valence-corrected chi connectivity index (χ3v) is 9.48. The second-order valence-electron chi connectivity index (χ2n) is 11.5. The maximum Gasteiger partial charge on any atom is 0.154 e. The van der Waals surface area contributed by atoms with Gasteiger partial charge in [0.05, 0.1) is 29.0 Å². The molecule has 3 aromatic rings. The standard InChI is InChI=1S/C30H31ClF2N2O5S/c1-41(37,38)16-21(36)9-5-17-6-10-26(25(33)11-17)35-14-19-12-20(35)13-27(19)39-15-22-29(34-40-30(22)18-7-8-18)28-23(31)3-2-4-24(28)32/h2-4,6,10-11,18-20,27H,5,7-9,12-16H2,1H3/t19-,20-,27+/m0/s1. The van der Waals surface area contributed by atoms with E-state index in [1.165, 1.54) is 12.1 Å². The fraction of sp³-hybridized carbons (Fsp3) is 0.467. The number of aromatic nitrogens is 1. The highest BCUT2D eigenvalue weighted by atomic mass is 35.5. The van der Waals surface area contributed by atoms with E-state index < -0.39 is 21.4 Å². The molecule has 41 heavy (non-hydrogen) atoms. The topological polar surface area (TPSA) is 89.7 Å². The average molecular weight is 605 g/mol. The zero-order valence-corrected chi connectivity index (χ0v) is 24.2. The molecule has 2 bridgehead atoms. The number of carbonyl (C=O) groups is 1. The van der Waals surface area contributed by atoms with Crippen LogP contribution >= 0.6 is 11.6 Å². The van der Waals surface area contributed by atoms with E-state index in [4.69, 9.17) is 20.9 Å². The summed E-state index contributed by atoms with van der Waals surface area (Å²) < 4.78 is 64.5. The summed E-state index contributed by atoms with van der Waals surface area (Å²) in [7, 11) is -3.37. The molecule has 1 aliphatic heterocycles. The van der Waals surface area contributed by atoms with Crippen LogP contribution in [0.1, 0.15) is 54.9 Å². The third-order valence-electron chi connectivity index (χ3n) is 8.32. The van der Waals surface area contributed by atoms with Crippen LogP contribution in [0, 0.1) is 17.6 Å². The highest BCUT2D eigenvalue weighted by molar-refractivity contribution is 7.91. The maximum absolute atomic E-state index is 15.1. The van der Waals surface area contributed by atoms with Crippen molar-refractivity contribution in [3.8, 4) is 11.3 Å². The molecule has 0 spiro atoms. The van der Waals surface area contributed by atoms with E-state index in [0.717, 1.165) is 43.3 Å². The van der Waals surface area contributed by atoms with Crippen molar-refractivity contribution in [3.05, 3.63) is 69.9 Å². The van der Waals surface area contributed by atoms with Crippen LogP contribution < -0.4 is 4.90 Å². The van der Waals surface area contributed by atoms with Crippen molar-refractivity contribution in [1.29, 1.82) is 0 Å². The monoisotopic (exact) mass is 604 g/mol. The molecule has 218 valence electrons. The molecule has 0 unspecified atom stereocenters. The van der Waals surface area contributed by atoms with E-state index in [2.05, 4.69) is 10.1 Å². The summed E-state index contributed by atoms with van der Waals surface area (Å²) in [4.78, 5) is 14.0. The molecule has 3 aliphatic rings. The zero-order chi connectivity index (χ0) is 28.9. The number of hydrogen-bond acceptors (Lipinski definition) is 7. The molecule has 3 fully saturated rings. The van der Waals surface area contributed by atoms with Gasteiger partial charge in [-0.25, -0.2) is 17.2 Å². The summed E-state index contributed by atoms with van der Waals surface area (Å²) in [5, 5.41) is 4.46. The van der Waals surface area contributed by atoms with Gasteiger partial charge in [-0.05, 0) is 61.9 Å². The number of hydrogen-bond donors (Lipinski definition) is 0. The van der Waals surface area contributed by atoms with Crippen LogP contribution in [0.15, 0.2) is 40.9 Å². The molecule has 2 aromatic carbocycles. The number of ketones is 1. The van der Waals surface area contributed by atoms with Crippen molar-refractivity contribution < 1.29 is 31.3 Å². The van der Waals surface area contributed by atoms with Gasteiger partial charge in [-0.15, -0.1) is 0 Å². The Labute approximate surface area is 242 Å². The Bertz CT molecular complexity index is 1570. The number of rotatable bonds is 11. The maximum atomic E-state index is 15.1. The fourth-order valence-electron chi connectivity index (χ4n) is 6.23. The Morgan fingerprint density at radius 1 is 1.17 bits per heavy atom. The average Bonchev–Trinajstić information content (AvgIpc) is 3.36. The minimum absolute atomic E-state index is 0.0228. The van der Waals surface area contributed by atoms with Crippen LogP contribution in [0.25, 0.3) is 11.3 Å². The Balaban J connectivity index is 1.10. The summed E-state index contributed by atoms with van der Waals surface area (Å²) >= 11 is 6.33. The number of ether oxygens (including phenoxy) is 1. The van der Waals surface area contributed by atoms with Gasteiger partial charge in [0.15, 0.2) is 9.84 Å². The predicted molar refractivity (Wildman–Crippen MR) is 151 cm³/mol. The first-order valence-corrected chi connectivity index (χ1v) is 16.3. The first kappa shape index (κ1) is 28.3. The molecule has 7 nitrogen and oxygen atoms in total. The predicted octanol–water partition coefficient (Wildman–Crippen LogP) is 5.88. The molecule has 6 rings (SSSR count). The number of halogens is 3. The molecule has 2 aliphatic carbocycles. The molecule has 0 radical (unpaired) electrons. The van der Waals surface area contributed by atoms with Crippen LogP contribution in [0.2, 0.25) is 5.02 Å². The van der Waals surface area contributed by atoms with E-state index in [1.807, 2.05) is 0 Å². The summed E-state index contributed by atoms with van der Waals surface area (Å²) in [6.07, 6.45) is 4.97. The molecule has 2 heterocycles. The number of nitrogens with zero attached hydrogens (tertiary/aromatic N) is 2. The van der Waals surface area contributed by atoms with Gasteiger partial charge >= 0.3 is 0 Å². The van der Waals surface area contributed by atoms with Crippen molar-refractivity contribution in [3.63, 3.8) is 0 Å². The number of carbonyl (C=O) groups excluding carboxylic acids is 1. The molecular weight excluding hydrogens is 574 g/mol. The first-order chi connectivity index (χ1) is 19.6. The lowest BCUT2D eigenvalue weighted by Crippen LogP contribution is -2.39. The van der Waals surface area contributed by atoms with Crippen LogP contribution in [0.5, 0.6) is 0 Å². The quantitative estimate of drug-likeness (QED) is 0.270. The molecule has 0 N–H and O–H groups in total. The molecule has 1 saturated heterocycles. The minimum atomic E-state index is -3.37. The Kier molecular flexibility index (Phi) is 7.67. The summed E-state index contributed by atoms with van der Waals surface area (Å²) in [6, 6.07) is 9.64. The molecule has 0 amide bonds. The van der Waals surface area contributed by atoms with E-state index in [0.29, 0.717) is 29.9 Å².